The Labute approximate surface area is 164 Å². The summed E-state index contributed by atoms with van der Waals surface area (Å²) in [5.74, 6) is -0.335. The maximum Gasteiger partial charge on any atom is 0.232 e. The minimum Gasteiger partial charge on any atom is -0.326 e. The molecule has 0 fully saturated rings. The van der Waals surface area contributed by atoms with Gasteiger partial charge >= 0.3 is 0 Å². The molecule has 0 aliphatic heterocycles. The molecule has 0 unspecified atom stereocenters. The zero-order valence-electron chi connectivity index (χ0n) is 15.1. The smallest absolute Gasteiger partial charge is 0.232 e. The average molecular weight is 409 g/mol. The van der Waals surface area contributed by atoms with E-state index in [1.807, 2.05) is 0 Å². The fourth-order valence-corrected chi connectivity index (χ4v) is 3.61. The van der Waals surface area contributed by atoms with Crippen LogP contribution in [0.2, 0.25) is 5.02 Å². The predicted octanol–water partition coefficient (Wildman–Crippen LogP) is 3.73. The van der Waals surface area contributed by atoms with Crippen LogP contribution in [0, 0.1) is 0 Å². The molecule has 2 aromatic carbocycles. The first-order chi connectivity index (χ1) is 12.7. The van der Waals surface area contributed by atoms with E-state index in [1.54, 1.807) is 48.5 Å². The van der Waals surface area contributed by atoms with E-state index in [0.717, 1.165) is 6.26 Å². The third-order valence-corrected chi connectivity index (χ3v) is 5.28. The van der Waals surface area contributed by atoms with E-state index in [-0.39, 0.29) is 24.7 Å². The maximum absolute atomic E-state index is 12.1. The van der Waals surface area contributed by atoms with Crippen LogP contribution in [0.4, 0.5) is 11.4 Å². The molecule has 0 heterocycles. The van der Waals surface area contributed by atoms with E-state index < -0.39 is 10.0 Å². The number of nitrogens with one attached hydrogen (secondary N) is 1. The van der Waals surface area contributed by atoms with Gasteiger partial charge in [0.2, 0.25) is 15.9 Å². The summed E-state index contributed by atoms with van der Waals surface area (Å²) in [4.78, 5) is 23.5. The Morgan fingerprint density at radius 3 is 2.37 bits per heavy atom. The van der Waals surface area contributed by atoms with Crippen LogP contribution < -0.4 is 9.62 Å². The highest BCUT2D eigenvalue weighted by Gasteiger charge is 2.17. The van der Waals surface area contributed by atoms with Crippen LogP contribution in [-0.4, -0.2) is 32.9 Å². The van der Waals surface area contributed by atoms with Gasteiger partial charge in [0.25, 0.3) is 0 Å². The minimum absolute atomic E-state index is 0.0853. The van der Waals surface area contributed by atoms with Gasteiger partial charge in [0.15, 0.2) is 5.78 Å². The fourth-order valence-electron chi connectivity index (χ4n) is 2.52. The Balaban J connectivity index is 1.96. The maximum atomic E-state index is 12.1. The van der Waals surface area contributed by atoms with Gasteiger partial charge in [0, 0.05) is 29.2 Å². The Hall–Kier alpha value is -2.38. The molecule has 6 nitrogen and oxygen atoms in total. The summed E-state index contributed by atoms with van der Waals surface area (Å²) in [5.41, 5.74) is 1.54. The van der Waals surface area contributed by atoms with Crippen LogP contribution in [0.5, 0.6) is 0 Å². The summed E-state index contributed by atoms with van der Waals surface area (Å²) in [7, 11) is -3.48. The Morgan fingerprint density at radius 1 is 1.11 bits per heavy atom. The van der Waals surface area contributed by atoms with Gasteiger partial charge in [-0.15, -0.1) is 0 Å². The predicted molar refractivity (Wildman–Crippen MR) is 108 cm³/mol. The lowest BCUT2D eigenvalue weighted by molar-refractivity contribution is -0.116. The molecule has 144 valence electrons. The fraction of sp³-hybridized carbons (Fsp3) is 0.263. The van der Waals surface area contributed by atoms with Gasteiger partial charge in [0.05, 0.1) is 11.9 Å². The Morgan fingerprint density at radius 2 is 1.78 bits per heavy atom. The van der Waals surface area contributed by atoms with Crippen molar-refractivity contribution >= 4 is 44.7 Å². The summed E-state index contributed by atoms with van der Waals surface area (Å²) < 4.78 is 25.3. The number of hydrogen-bond donors (Lipinski definition) is 1. The highest BCUT2D eigenvalue weighted by Crippen LogP contribution is 2.21. The third-order valence-electron chi connectivity index (χ3n) is 3.83. The van der Waals surface area contributed by atoms with Gasteiger partial charge in [0.1, 0.15) is 0 Å². The van der Waals surface area contributed by atoms with Crippen LogP contribution in [-0.2, 0) is 14.8 Å². The Bertz CT molecular complexity index is 927. The van der Waals surface area contributed by atoms with Crippen molar-refractivity contribution in [1.29, 1.82) is 0 Å². The topological polar surface area (TPSA) is 83.6 Å². The molecule has 0 aliphatic carbocycles. The molecule has 0 saturated heterocycles. The van der Waals surface area contributed by atoms with Crippen LogP contribution in [0.15, 0.2) is 48.5 Å². The van der Waals surface area contributed by atoms with Crippen LogP contribution in [0.25, 0.3) is 0 Å². The van der Waals surface area contributed by atoms with Gasteiger partial charge in [-0.1, -0.05) is 23.7 Å². The van der Waals surface area contributed by atoms with Crippen molar-refractivity contribution in [3.8, 4) is 0 Å². The molecule has 0 spiro atoms. The van der Waals surface area contributed by atoms with E-state index >= 15 is 0 Å². The van der Waals surface area contributed by atoms with Gasteiger partial charge in [-0.25, -0.2) is 8.42 Å². The van der Waals surface area contributed by atoms with Crippen molar-refractivity contribution in [2.45, 2.75) is 19.8 Å². The number of nitrogens with zero attached hydrogens (tertiary/aromatic N) is 1. The summed E-state index contributed by atoms with van der Waals surface area (Å²) in [6.45, 7) is 1.62. The highest BCUT2D eigenvalue weighted by molar-refractivity contribution is 7.92. The lowest BCUT2D eigenvalue weighted by atomic mass is 10.1. The number of ketones is 1. The first-order valence-electron chi connectivity index (χ1n) is 8.31. The molecule has 0 aromatic heterocycles. The van der Waals surface area contributed by atoms with E-state index in [4.69, 9.17) is 11.6 Å². The van der Waals surface area contributed by atoms with E-state index in [2.05, 4.69) is 5.32 Å². The monoisotopic (exact) mass is 408 g/mol. The second-order valence-corrected chi connectivity index (χ2v) is 8.44. The average Bonchev–Trinajstić information content (AvgIpc) is 2.59. The normalized spacial score (nSPS) is 11.1. The van der Waals surface area contributed by atoms with Gasteiger partial charge < -0.3 is 5.32 Å². The van der Waals surface area contributed by atoms with Crippen molar-refractivity contribution in [2.75, 3.05) is 22.4 Å². The van der Waals surface area contributed by atoms with Crippen molar-refractivity contribution in [3.05, 3.63) is 59.1 Å². The zero-order valence-corrected chi connectivity index (χ0v) is 16.7. The van der Waals surface area contributed by atoms with Crippen molar-refractivity contribution in [2.24, 2.45) is 0 Å². The summed E-state index contributed by atoms with van der Waals surface area (Å²) in [6.07, 6.45) is 1.60. The summed E-state index contributed by atoms with van der Waals surface area (Å²) in [6, 6.07) is 13.1. The first kappa shape index (κ1) is 20.9. The number of carbonyl (C=O) groups is 2. The number of halogens is 1. The van der Waals surface area contributed by atoms with Gasteiger partial charge in [-0.3, -0.25) is 13.9 Å². The lowest BCUT2D eigenvalue weighted by Gasteiger charge is -2.22. The van der Waals surface area contributed by atoms with E-state index in [0.29, 0.717) is 28.4 Å². The number of rotatable bonds is 8. The molecule has 0 radical (unpaired) electrons. The van der Waals surface area contributed by atoms with Gasteiger partial charge in [-0.2, -0.15) is 0 Å². The molecule has 2 aromatic rings. The number of hydrogen-bond acceptors (Lipinski definition) is 4. The number of carbonyl (C=O) groups excluding carboxylic acids is 2. The van der Waals surface area contributed by atoms with Crippen molar-refractivity contribution < 1.29 is 18.0 Å². The SMILES string of the molecule is CC(=O)c1cccc(NC(=O)CCCN(c2ccc(Cl)cc2)S(C)(=O)=O)c1. The highest BCUT2D eigenvalue weighted by atomic mass is 35.5. The minimum atomic E-state index is -3.48. The second-order valence-electron chi connectivity index (χ2n) is 6.10. The molecule has 1 N–H and O–H groups in total. The second kappa shape index (κ2) is 9.01. The van der Waals surface area contributed by atoms with Crippen LogP contribution >= 0.6 is 11.6 Å². The zero-order chi connectivity index (χ0) is 20.0. The molecule has 1 amide bonds. The van der Waals surface area contributed by atoms with Gasteiger partial charge in [-0.05, 0) is 49.7 Å². The number of anilines is 2. The van der Waals surface area contributed by atoms with Crippen LogP contribution in [0.3, 0.4) is 0 Å². The van der Waals surface area contributed by atoms with Crippen molar-refractivity contribution in [1.82, 2.24) is 0 Å². The van der Waals surface area contributed by atoms with E-state index in [1.165, 1.54) is 11.2 Å². The number of Topliss-reactive ketones (excluding diaryl/α,β-unsaturated/α-hetero) is 1. The number of amides is 1. The number of sulfonamides is 1. The van der Waals surface area contributed by atoms with E-state index in [9.17, 15) is 18.0 Å². The van der Waals surface area contributed by atoms with Crippen molar-refractivity contribution in [3.63, 3.8) is 0 Å². The largest absolute Gasteiger partial charge is 0.326 e. The molecule has 8 heteroatoms. The molecular formula is C19H21ClN2O4S. The number of benzene rings is 2. The molecule has 27 heavy (non-hydrogen) atoms. The third kappa shape index (κ3) is 6.37. The lowest BCUT2D eigenvalue weighted by Crippen LogP contribution is -2.31. The molecule has 2 rings (SSSR count). The molecule has 0 atom stereocenters. The molecule has 0 bridgehead atoms. The molecule has 0 aliphatic rings. The summed E-state index contributed by atoms with van der Waals surface area (Å²) in [5, 5.41) is 3.23. The molecular weight excluding hydrogens is 388 g/mol. The van der Waals surface area contributed by atoms with Crippen LogP contribution in [0.1, 0.15) is 30.1 Å². The molecule has 0 saturated carbocycles. The standard InChI is InChI=1S/C19H21ClN2O4S/c1-14(23)15-5-3-6-17(13-15)21-19(24)7-4-12-22(27(2,25)26)18-10-8-16(20)9-11-18/h3,5-6,8-11,13H,4,7,12H2,1-2H3,(H,21,24). The first-order valence-corrected chi connectivity index (χ1v) is 10.5. The summed E-state index contributed by atoms with van der Waals surface area (Å²) >= 11 is 5.84. The quantitative estimate of drug-likeness (QED) is 0.674. The Kier molecular flexibility index (Phi) is 6.98.